The first-order valence-electron chi connectivity index (χ1n) is 11.5. The van der Waals surface area contributed by atoms with Gasteiger partial charge in [0.1, 0.15) is 6.10 Å². The average molecular weight is 417 g/mol. The van der Waals surface area contributed by atoms with Gasteiger partial charge in [-0.25, -0.2) is 0 Å². The minimum Gasteiger partial charge on any atom is -0.379 e. The fraction of sp³-hybridized carbons (Fsp3) is 0.696. The fourth-order valence-electron chi connectivity index (χ4n) is 4.58. The number of benzene rings is 1. The first-order chi connectivity index (χ1) is 14.8. The van der Waals surface area contributed by atoms with Gasteiger partial charge >= 0.3 is 0 Å². The summed E-state index contributed by atoms with van der Waals surface area (Å²) < 4.78 is 17.5. The largest absolute Gasteiger partial charge is 0.379 e. The van der Waals surface area contributed by atoms with Crippen LogP contribution in [0, 0.1) is 0 Å². The van der Waals surface area contributed by atoms with Gasteiger partial charge in [0.2, 0.25) is 0 Å². The molecule has 0 bridgehead atoms. The highest BCUT2D eigenvalue weighted by atomic mass is 16.5. The van der Waals surface area contributed by atoms with E-state index in [1.54, 1.807) is 0 Å². The van der Waals surface area contributed by atoms with E-state index < -0.39 is 0 Å². The van der Waals surface area contributed by atoms with Crippen molar-refractivity contribution in [3.8, 4) is 0 Å². The maximum Gasteiger partial charge on any atom is 0.194 e. The van der Waals surface area contributed by atoms with Crippen molar-refractivity contribution in [2.75, 3.05) is 65.7 Å². The summed E-state index contributed by atoms with van der Waals surface area (Å²) in [5.74, 6) is 0.984. The predicted molar refractivity (Wildman–Crippen MR) is 118 cm³/mol. The molecule has 3 atom stereocenters. The van der Waals surface area contributed by atoms with Crippen molar-refractivity contribution in [3.05, 3.63) is 35.9 Å². The lowest BCUT2D eigenvalue weighted by atomic mass is 10.0. The number of rotatable bonds is 6. The molecule has 0 radical (unpaired) electrons. The lowest BCUT2D eigenvalue weighted by Crippen LogP contribution is -2.53. The number of hydrogen-bond donors (Lipinski definition) is 1. The van der Waals surface area contributed by atoms with Gasteiger partial charge in [0.25, 0.3) is 0 Å². The Morgan fingerprint density at radius 3 is 2.60 bits per heavy atom. The Kier molecular flexibility index (Phi) is 7.97. The summed E-state index contributed by atoms with van der Waals surface area (Å²) in [6.07, 6.45) is 2.59. The van der Waals surface area contributed by atoms with Crippen molar-refractivity contribution in [1.29, 1.82) is 0 Å². The number of nitrogens with zero attached hydrogens (tertiary/aromatic N) is 3. The normalized spacial score (nSPS) is 27.2. The molecule has 1 aromatic rings. The first kappa shape index (κ1) is 21.6. The van der Waals surface area contributed by atoms with E-state index in [4.69, 9.17) is 19.2 Å². The lowest BCUT2D eigenvalue weighted by Gasteiger charge is -2.38. The molecule has 0 spiro atoms. The standard InChI is InChI=1S/C23H36N4O3/c1-2-24-23(27-12-16-30-22(18-27)21-9-6-13-29-21)25-17-20(19-7-4-3-5-8-19)26-10-14-28-15-11-26/h3-5,7-8,20-22H,2,6,9-18H2,1H3,(H,24,25). The van der Waals surface area contributed by atoms with Gasteiger partial charge in [-0.3, -0.25) is 9.89 Å². The second-order valence-electron chi connectivity index (χ2n) is 8.18. The zero-order valence-corrected chi connectivity index (χ0v) is 18.2. The quantitative estimate of drug-likeness (QED) is 0.565. The fourth-order valence-corrected chi connectivity index (χ4v) is 4.58. The third-order valence-electron chi connectivity index (χ3n) is 6.19. The number of nitrogens with one attached hydrogen (secondary N) is 1. The Bertz CT molecular complexity index is 660. The van der Waals surface area contributed by atoms with Crippen LogP contribution < -0.4 is 5.32 Å². The van der Waals surface area contributed by atoms with Crippen LogP contribution in [0.2, 0.25) is 0 Å². The van der Waals surface area contributed by atoms with E-state index in [1.807, 2.05) is 0 Å². The van der Waals surface area contributed by atoms with Crippen molar-refractivity contribution in [2.24, 2.45) is 4.99 Å². The highest BCUT2D eigenvalue weighted by Gasteiger charge is 2.32. The maximum absolute atomic E-state index is 6.04. The van der Waals surface area contributed by atoms with Crippen LogP contribution in [0.3, 0.4) is 0 Å². The second-order valence-corrected chi connectivity index (χ2v) is 8.18. The monoisotopic (exact) mass is 416 g/mol. The Morgan fingerprint density at radius 1 is 1.07 bits per heavy atom. The van der Waals surface area contributed by atoms with Crippen LogP contribution >= 0.6 is 0 Å². The van der Waals surface area contributed by atoms with Crippen LogP contribution in [-0.4, -0.2) is 93.7 Å². The van der Waals surface area contributed by atoms with Gasteiger partial charge in [0.15, 0.2) is 5.96 Å². The van der Waals surface area contributed by atoms with Gasteiger partial charge in [-0.2, -0.15) is 0 Å². The Morgan fingerprint density at radius 2 is 1.87 bits per heavy atom. The Balaban J connectivity index is 1.47. The zero-order valence-electron chi connectivity index (χ0n) is 18.2. The minimum absolute atomic E-state index is 0.134. The van der Waals surface area contributed by atoms with Gasteiger partial charge in [-0.15, -0.1) is 0 Å². The van der Waals surface area contributed by atoms with E-state index in [1.165, 1.54) is 5.56 Å². The van der Waals surface area contributed by atoms with E-state index >= 15 is 0 Å². The van der Waals surface area contributed by atoms with Gasteiger partial charge in [-0.05, 0) is 25.3 Å². The predicted octanol–water partition coefficient (Wildman–Crippen LogP) is 1.91. The van der Waals surface area contributed by atoms with E-state index in [0.717, 1.165) is 84.5 Å². The summed E-state index contributed by atoms with van der Waals surface area (Å²) in [5, 5.41) is 3.51. The molecule has 4 rings (SSSR count). The molecule has 166 valence electrons. The van der Waals surface area contributed by atoms with Gasteiger partial charge in [0.05, 0.1) is 38.5 Å². The molecule has 3 unspecified atom stereocenters. The Hall–Kier alpha value is -1.67. The van der Waals surface area contributed by atoms with Crippen molar-refractivity contribution in [1.82, 2.24) is 15.1 Å². The number of aliphatic imine (C=N–C) groups is 1. The van der Waals surface area contributed by atoms with Gasteiger partial charge in [-0.1, -0.05) is 30.3 Å². The molecule has 30 heavy (non-hydrogen) atoms. The highest BCUT2D eigenvalue weighted by molar-refractivity contribution is 5.80. The van der Waals surface area contributed by atoms with Crippen molar-refractivity contribution < 1.29 is 14.2 Å². The molecule has 3 saturated heterocycles. The number of hydrogen-bond acceptors (Lipinski definition) is 5. The van der Waals surface area contributed by atoms with E-state index in [0.29, 0.717) is 0 Å². The minimum atomic E-state index is 0.134. The molecular formula is C23H36N4O3. The Labute approximate surface area is 180 Å². The third-order valence-corrected chi connectivity index (χ3v) is 6.19. The summed E-state index contributed by atoms with van der Waals surface area (Å²) in [4.78, 5) is 9.95. The maximum atomic E-state index is 6.04. The number of ether oxygens (including phenoxy) is 3. The summed E-state index contributed by atoms with van der Waals surface area (Å²) in [6.45, 7) is 10.5. The molecule has 0 amide bonds. The van der Waals surface area contributed by atoms with Crippen LogP contribution in [0.25, 0.3) is 0 Å². The van der Waals surface area contributed by atoms with Crippen LogP contribution in [0.15, 0.2) is 35.3 Å². The molecule has 3 heterocycles. The van der Waals surface area contributed by atoms with Crippen LogP contribution in [-0.2, 0) is 14.2 Å². The molecule has 3 fully saturated rings. The smallest absolute Gasteiger partial charge is 0.194 e. The molecule has 1 N–H and O–H groups in total. The van der Waals surface area contributed by atoms with E-state index in [-0.39, 0.29) is 18.2 Å². The second kappa shape index (κ2) is 11.1. The highest BCUT2D eigenvalue weighted by Crippen LogP contribution is 2.23. The molecule has 0 saturated carbocycles. The van der Waals surface area contributed by atoms with E-state index in [2.05, 4.69) is 52.4 Å². The van der Waals surface area contributed by atoms with Gasteiger partial charge < -0.3 is 24.4 Å². The van der Waals surface area contributed by atoms with Crippen molar-refractivity contribution >= 4 is 5.96 Å². The first-order valence-corrected chi connectivity index (χ1v) is 11.5. The molecule has 0 aliphatic carbocycles. The SMILES string of the molecule is CCNC(=NCC(c1ccccc1)N1CCOCC1)N1CCOC(C2CCCO2)C1. The molecule has 7 heteroatoms. The molecule has 7 nitrogen and oxygen atoms in total. The molecule has 3 aliphatic heterocycles. The molecule has 3 aliphatic rings. The van der Waals surface area contributed by atoms with E-state index in [9.17, 15) is 0 Å². The molecule has 0 aromatic heterocycles. The van der Waals surface area contributed by atoms with Crippen molar-refractivity contribution in [3.63, 3.8) is 0 Å². The summed E-state index contributed by atoms with van der Waals surface area (Å²) in [7, 11) is 0. The van der Waals surface area contributed by atoms with Gasteiger partial charge in [0, 0.05) is 39.3 Å². The molecule has 1 aromatic carbocycles. The van der Waals surface area contributed by atoms with Crippen LogP contribution in [0.1, 0.15) is 31.4 Å². The number of guanidine groups is 1. The van der Waals surface area contributed by atoms with Crippen molar-refractivity contribution in [2.45, 2.75) is 38.0 Å². The molecular weight excluding hydrogens is 380 g/mol. The zero-order chi connectivity index (χ0) is 20.6. The summed E-state index contributed by atoms with van der Waals surface area (Å²) in [5.41, 5.74) is 1.32. The summed E-state index contributed by atoms with van der Waals surface area (Å²) in [6, 6.07) is 11.0. The lowest BCUT2D eigenvalue weighted by molar-refractivity contribution is -0.0817. The average Bonchev–Trinajstić information content (AvgIpc) is 3.35. The van der Waals surface area contributed by atoms with Crippen LogP contribution in [0.4, 0.5) is 0 Å². The third kappa shape index (κ3) is 5.52. The number of morpholine rings is 2. The summed E-state index contributed by atoms with van der Waals surface area (Å²) >= 11 is 0. The topological polar surface area (TPSA) is 58.6 Å². The van der Waals surface area contributed by atoms with Crippen LogP contribution in [0.5, 0.6) is 0 Å².